The number of nitrogens with two attached hydrogens (primary N) is 1. The number of hydrogen-bond acceptors (Lipinski definition) is 4. The molecule has 1 aromatic heterocycles. The average Bonchev–Trinajstić information content (AvgIpc) is 2.36. The lowest BCUT2D eigenvalue weighted by Crippen LogP contribution is -2.50. The number of aromatic nitrogens is 1. The Kier molecular flexibility index (Phi) is 5.73. The van der Waals surface area contributed by atoms with E-state index in [1.807, 2.05) is 6.07 Å². The van der Waals surface area contributed by atoms with Crippen molar-refractivity contribution >= 4 is 0 Å². The van der Waals surface area contributed by atoms with E-state index < -0.39 is 18.8 Å². The minimum atomic E-state index is -4.41. The summed E-state index contributed by atoms with van der Waals surface area (Å²) in [5, 5.41) is 8.54. The van der Waals surface area contributed by atoms with E-state index in [1.165, 1.54) is 11.1 Å². The Hall–Kier alpha value is -1.65. The summed E-state index contributed by atoms with van der Waals surface area (Å²) in [5.41, 5.74) is 5.88. The predicted molar refractivity (Wildman–Crippen MR) is 63.8 cm³/mol. The third-order valence-corrected chi connectivity index (χ3v) is 2.66. The van der Waals surface area contributed by atoms with E-state index in [-0.39, 0.29) is 19.5 Å². The molecule has 1 unspecified atom stereocenters. The highest BCUT2D eigenvalue weighted by molar-refractivity contribution is 5.08. The van der Waals surface area contributed by atoms with Crippen molar-refractivity contribution in [3.8, 4) is 6.07 Å². The van der Waals surface area contributed by atoms with Gasteiger partial charge in [-0.25, -0.2) is 0 Å². The average molecular weight is 272 g/mol. The van der Waals surface area contributed by atoms with Gasteiger partial charge in [0.2, 0.25) is 0 Å². The van der Waals surface area contributed by atoms with Gasteiger partial charge >= 0.3 is 6.18 Å². The van der Waals surface area contributed by atoms with Crippen molar-refractivity contribution in [3.63, 3.8) is 0 Å². The second-order valence-corrected chi connectivity index (χ2v) is 4.03. The van der Waals surface area contributed by atoms with Crippen molar-refractivity contribution in [2.45, 2.75) is 25.2 Å². The molecule has 1 rings (SSSR count). The summed E-state index contributed by atoms with van der Waals surface area (Å²) in [4.78, 5) is 5.03. The van der Waals surface area contributed by atoms with Crippen molar-refractivity contribution < 1.29 is 13.2 Å². The van der Waals surface area contributed by atoms with Gasteiger partial charge in [0, 0.05) is 38.4 Å². The summed E-state index contributed by atoms with van der Waals surface area (Å²) < 4.78 is 38.6. The third-order valence-electron chi connectivity index (χ3n) is 2.66. The highest BCUT2D eigenvalue weighted by Crippen LogP contribution is 2.25. The molecule has 1 atom stereocenters. The molecule has 0 fully saturated rings. The predicted octanol–water partition coefficient (Wildman–Crippen LogP) is 1.69. The van der Waals surface area contributed by atoms with Crippen LogP contribution in [0.4, 0.5) is 13.2 Å². The van der Waals surface area contributed by atoms with Gasteiger partial charge in [-0.15, -0.1) is 0 Å². The lowest BCUT2D eigenvalue weighted by molar-refractivity contribution is -0.182. The first kappa shape index (κ1) is 15.4. The number of rotatable bonds is 6. The highest BCUT2D eigenvalue weighted by atomic mass is 19.4. The molecular weight excluding hydrogens is 257 g/mol. The van der Waals surface area contributed by atoms with E-state index >= 15 is 0 Å². The highest BCUT2D eigenvalue weighted by Gasteiger charge is 2.42. The molecule has 7 heteroatoms. The van der Waals surface area contributed by atoms with Crippen molar-refractivity contribution in [1.82, 2.24) is 9.88 Å². The SMILES string of the molecule is N#CCCN(Cc1cccnc1)C(CN)C(F)(F)F. The van der Waals surface area contributed by atoms with Crippen LogP contribution in [0.25, 0.3) is 0 Å². The van der Waals surface area contributed by atoms with Crippen molar-refractivity contribution in [1.29, 1.82) is 5.26 Å². The number of nitriles is 1. The van der Waals surface area contributed by atoms with Crippen LogP contribution in [0.2, 0.25) is 0 Å². The molecule has 0 amide bonds. The van der Waals surface area contributed by atoms with Crippen LogP contribution in [0.15, 0.2) is 24.5 Å². The zero-order valence-electron chi connectivity index (χ0n) is 10.3. The minimum absolute atomic E-state index is 0.0206. The molecule has 1 aromatic rings. The number of nitrogens with zero attached hydrogens (tertiary/aromatic N) is 3. The van der Waals surface area contributed by atoms with Gasteiger partial charge in [-0.3, -0.25) is 9.88 Å². The lowest BCUT2D eigenvalue weighted by Gasteiger charge is -2.31. The summed E-state index contributed by atoms with van der Waals surface area (Å²) in [7, 11) is 0. The summed E-state index contributed by atoms with van der Waals surface area (Å²) in [6.45, 7) is -0.446. The first-order valence-electron chi connectivity index (χ1n) is 5.75. The summed E-state index contributed by atoms with van der Waals surface area (Å²) >= 11 is 0. The van der Waals surface area contributed by atoms with Crippen LogP contribution in [0.5, 0.6) is 0 Å². The molecule has 0 spiro atoms. The van der Waals surface area contributed by atoms with E-state index in [4.69, 9.17) is 11.0 Å². The monoisotopic (exact) mass is 272 g/mol. The Bertz CT molecular complexity index is 413. The Morgan fingerprint density at radius 2 is 2.21 bits per heavy atom. The molecule has 1 heterocycles. The summed E-state index contributed by atoms with van der Waals surface area (Å²) in [6.07, 6.45) is -1.34. The molecule has 0 radical (unpaired) electrons. The van der Waals surface area contributed by atoms with Crippen LogP contribution in [-0.2, 0) is 6.54 Å². The second-order valence-electron chi connectivity index (χ2n) is 4.03. The van der Waals surface area contributed by atoms with Gasteiger partial charge in [-0.1, -0.05) is 6.07 Å². The molecule has 0 aliphatic heterocycles. The number of alkyl halides is 3. The van der Waals surface area contributed by atoms with E-state index in [2.05, 4.69) is 4.98 Å². The zero-order valence-corrected chi connectivity index (χ0v) is 10.3. The Morgan fingerprint density at radius 3 is 2.68 bits per heavy atom. The fraction of sp³-hybridized carbons (Fsp3) is 0.500. The van der Waals surface area contributed by atoms with Gasteiger partial charge in [0.15, 0.2) is 0 Å². The van der Waals surface area contributed by atoms with Crippen molar-refractivity contribution in [2.24, 2.45) is 5.73 Å². The van der Waals surface area contributed by atoms with Crippen LogP contribution >= 0.6 is 0 Å². The normalized spacial score (nSPS) is 13.3. The smallest absolute Gasteiger partial charge is 0.329 e. The van der Waals surface area contributed by atoms with Crippen LogP contribution in [-0.4, -0.2) is 35.2 Å². The summed E-state index contributed by atoms with van der Waals surface area (Å²) in [5.74, 6) is 0. The zero-order chi connectivity index (χ0) is 14.3. The van der Waals surface area contributed by atoms with Crippen molar-refractivity contribution in [3.05, 3.63) is 30.1 Å². The van der Waals surface area contributed by atoms with Crippen LogP contribution < -0.4 is 5.73 Å². The molecule has 0 saturated heterocycles. The van der Waals surface area contributed by atoms with Crippen LogP contribution in [0.3, 0.4) is 0 Å². The van der Waals surface area contributed by atoms with E-state index in [1.54, 1.807) is 18.3 Å². The standard InChI is InChI=1S/C12H15F3N4/c13-12(14,15)11(7-17)19(6-2-4-16)9-10-3-1-5-18-8-10/h1,3,5,8,11H,2,6-7,9,17H2. The van der Waals surface area contributed by atoms with Gasteiger partial charge in [0.1, 0.15) is 6.04 Å². The molecule has 0 saturated carbocycles. The maximum atomic E-state index is 12.9. The van der Waals surface area contributed by atoms with Gasteiger partial charge in [0.05, 0.1) is 6.07 Å². The molecule has 19 heavy (non-hydrogen) atoms. The number of hydrogen-bond donors (Lipinski definition) is 1. The number of halogens is 3. The minimum Gasteiger partial charge on any atom is -0.329 e. The van der Waals surface area contributed by atoms with Gasteiger partial charge < -0.3 is 5.73 Å². The molecule has 0 bridgehead atoms. The van der Waals surface area contributed by atoms with Crippen molar-refractivity contribution in [2.75, 3.05) is 13.1 Å². The fourth-order valence-corrected chi connectivity index (χ4v) is 1.75. The number of pyridine rings is 1. The van der Waals surface area contributed by atoms with Gasteiger partial charge in [-0.05, 0) is 11.6 Å². The molecule has 104 valence electrons. The van der Waals surface area contributed by atoms with Crippen LogP contribution in [0, 0.1) is 11.3 Å². The lowest BCUT2D eigenvalue weighted by atomic mass is 10.2. The molecule has 0 aliphatic carbocycles. The van der Waals surface area contributed by atoms with E-state index in [0.717, 1.165) is 0 Å². The van der Waals surface area contributed by atoms with Gasteiger partial charge in [-0.2, -0.15) is 18.4 Å². The third kappa shape index (κ3) is 4.85. The topological polar surface area (TPSA) is 65.9 Å². The summed E-state index contributed by atoms with van der Waals surface area (Å²) in [6, 6.07) is 3.45. The maximum Gasteiger partial charge on any atom is 0.405 e. The maximum absolute atomic E-state index is 12.9. The van der Waals surface area contributed by atoms with Gasteiger partial charge in [0.25, 0.3) is 0 Å². The molecule has 2 N–H and O–H groups in total. The largest absolute Gasteiger partial charge is 0.405 e. The van der Waals surface area contributed by atoms with E-state index in [9.17, 15) is 13.2 Å². The quantitative estimate of drug-likeness (QED) is 0.855. The first-order chi connectivity index (χ1) is 8.99. The molecule has 0 aromatic carbocycles. The Morgan fingerprint density at radius 1 is 1.47 bits per heavy atom. The fourth-order valence-electron chi connectivity index (χ4n) is 1.75. The Labute approximate surface area is 109 Å². The molecule has 0 aliphatic rings. The molecule has 4 nitrogen and oxygen atoms in total. The second kappa shape index (κ2) is 7.07. The van der Waals surface area contributed by atoms with Crippen LogP contribution in [0.1, 0.15) is 12.0 Å². The first-order valence-corrected chi connectivity index (χ1v) is 5.75. The Balaban J connectivity index is 2.85. The molecular formula is C12H15F3N4. The van der Waals surface area contributed by atoms with E-state index in [0.29, 0.717) is 5.56 Å².